The molecule has 1 aromatic carbocycles. The summed E-state index contributed by atoms with van der Waals surface area (Å²) in [6, 6.07) is 11.5. The standard InChI is InChI=1S/C25H30ClN5O2/c1-16(2)24-22(13-29-31(24)21-7-5-6-20(26)10-21)25(32)28-12-19-8-9-23(27-11-19)30-14-17(3)33-18(4)15-30/h5-11,13,16-18H,12,14-15H2,1-4H3,(H,28,32). The zero-order valence-electron chi connectivity index (χ0n) is 19.5. The summed E-state index contributed by atoms with van der Waals surface area (Å²) in [4.78, 5) is 19.9. The maximum atomic E-state index is 13.0. The molecule has 1 fully saturated rings. The zero-order valence-corrected chi connectivity index (χ0v) is 20.2. The van der Waals surface area contributed by atoms with Gasteiger partial charge in [0.1, 0.15) is 5.82 Å². The van der Waals surface area contributed by atoms with Crippen LogP contribution in [0, 0.1) is 0 Å². The van der Waals surface area contributed by atoms with Gasteiger partial charge in [-0.3, -0.25) is 4.79 Å². The Bertz CT molecular complexity index is 1100. The molecule has 7 nitrogen and oxygen atoms in total. The first kappa shape index (κ1) is 23.3. The van der Waals surface area contributed by atoms with Gasteiger partial charge < -0.3 is 15.0 Å². The number of ether oxygens (including phenoxy) is 1. The predicted octanol–water partition coefficient (Wildman–Crippen LogP) is 4.59. The molecule has 2 atom stereocenters. The highest BCUT2D eigenvalue weighted by Gasteiger charge is 2.23. The predicted molar refractivity (Wildman–Crippen MR) is 130 cm³/mol. The van der Waals surface area contributed by atoms with Gasteiger partial charge >= 0.3 is 0 Å². The van der Waals surface area contributed by atoms with E-state index in [9.17, 15) is 4.79 Å². The summed E-state index contributed by atoms with van der Waals surface area (Å²) < 4.78 is 7.58. The molecule has 0 saturated carbocycles. The molecule has 1 amide bonds. The van der Waals surface area contributed by atoms with E-state index in [-0.39, 0.29) is 24.0 Å². The molecule has 0 radical (unpaired) electrons. The number of aromatic nitrogens is 3. The second-order valence-electron chi connectivity index (χ2n) is 8.86. The average Bonchev–Trinajstić information content (AvgIpc) is 3.23. The Hall–Kier alpha value is -2.90. The van der Waals surface area contributed by atoms with Crippen LogP contribution in [0.4, 0.5) is 5.82 Å². The smallest absolute Gasteiger partial charge is 0.255 e. The van der Waals surface area contributed by atoms with E-state index in [0.717, 1.165) is 35.9 Å². The number of amides is 1. The number of halogens is 1. The third kappa shape index (κ3) is 5.37. The molecule has 174 valence electrons. The minimum absolute atomic E-state index is 0.103. The molecule has 1 aliphatic heterocycles. The Morgan fingerprint density at radius 3 is 2.58 bits per heavy atom. The number of pyridine rings is 1. The van der Waals surface area contributed by atoms with E-state index < -0.39 is 0 Å². The average molecular weight is 468 g/mol. The van der Waals surface area contributed by atoms with Gasteiger partial charge in [-0.1, -0.05) is 37.6 Å². The van der Waals surface area contributed by atoms with Crippen molar-refractivity contribution in [2.45, 2.75) is 52.4 Å². The minimum atomic E-state index is -0.160. The number of carbonyl (C=O) groups is 1. The van der Waals surface area contributed by atoms with Crippen LogP contribution in [0.5, 0.6) is 0 Å². The largest absolute Gasteiger partial charge is 0.372 e. The van der Waals surface area contributed by atoms with Crippen LogP contribution in [0.1, 0.15) is 55.2 Å². The van der Waals surface area contributed by atoms with Gasteiger partial charge in [-0.2, -0.15) is 5.10 Å². The first-order valence-electron chi connectivity index (χ1n) is 11.3. The fraction of sp³-hybridized carbons (Fsp3) is 0.400. The minimum Gasteiger partial charge on any atom is -0.372 e. The molecule has 0 spiro atoms. The van der Waals surface area contributed by atoms with Gasteiger partial charge in [-0.25, -0.2) is 9.67 Å². The molecule has 1 N–H and O–H groups in total. The summed E-state index contributed by atoms with van der Waals surface area (Å²) in [6.45, 7) is 10.3. The van der Waals surface area contributed by atoms with Gasteiger partial charge in [0.2, 0.25) is 0 Å². The van der Waals surface area contributed by atoms with E-state index in [1.165, 1.54) is 0 Å². The Kier molecular flexibility index (Phi) is 7.00. The van der Waals surface area contributed by atoms with Crippen molar-refractivity contribution in [2.75, 3.05) is 18.0 Å². The first-order valence-corrected chi connectivity index (χ1v) is 11.7. The van der Waals surface area contributed by atoms with Crippen LogP contribution in [0.25, 0.3) is 5.69 Å². The van der Waals surface area contributed by atoms with Crippen molar-refractivity contribution in [3.8, 4) is 5.69 Å². The second kappa shape index (κ2) is 9.93. The van der Waals surface area contributed by atoms with Crippen LogP contribution in [0.3, 0.4) is 0 Å². The van der Waals surface area contributed by atoms with Crippen molar-refractivity contribution in [3.63, 3.8) is 0 Å². The van der Waals surface area contributed by atoms with Crippen molar-refractivity contribution in [1.29, 1.82) is 0 Å². The maximum Gasteiger partial charge on any atom is 0.255 e. The number of nitrogens with zero attached hydrogens (tertiary/aromatic N) is 4. The Morgan fingerprint density at radius 1 is 1.18 bits per heavy atom. The molecule has 1 aliphatic rings. The zero-order chi connectivity index (χ0) is 23.5. The van der Waals surface area contributed by atoms with E-state index in [0.29, 0.717) is 17.1 Å². The SMILES string of the molecule is CC1CN(c2ccc(CNC(=O)c3cnn(-c4cccc(Cl)c4)c3C(C)C)cn2)CC(C)O1. The number of carbonyl (C=O) groups excluding carboxylic acids is 1. The van der Waals surface area contributed by atoms with Crippen LogP contribution in [-0.2, 0) is 11.3 Å². The maximum absolute atomic E-state index is 13.0. The quantitative estimate of drug-likeness (QED) is 0.574. The van der Waals surface area contributed by atoms with Gasteiger partial charge in [-0.05, 0) is 49.6 Å². The van der Waals surface area contributed by atoms with E-state index >= 15 is 0 Å². The van der Waals surface area contributed by atoms with Crippen LogP contribution < -0.4 is 10.2 Å². The van der Waals surface area contributed by atoms with Gasteiger partial charge in [0.25, 0.3) is 5.91 Å². The van der Waals surface area contributed by atoms with Gasteiger partial charge in [0.05, 0.1) is 35.3 Å². The number of anilines is 1. The molecule has 3 heterocycles. The molecule has 1 saturated heterocycles. The molecule has 3 aromatic rings. The fourth-order valence-corrected chi connectivity index (χ4v) is 4.44. The molecule has 0 bridgehead atoms. The van der Waals surface area contributed by atoms with Gasteiger partial charge in [0.15, 0.2) is 0 Å². The van der Waals surface area contributed by atoms with Gasteiger partial charge in [-0.15, -0.1) is 0 Å². The summed E-state index contributed by atoms with van der Waals surface area (Å²) in [5, 5.41) is 8.10. The van der Waals surface area contributed by atoms with Crippen LogP contribution >= 0.6 is 11.6 Å². The number of benzene rings is 1. The number of hydrogen-bond acceptors (Lipinski definition) is 5. The summed E-state index contributed by atoms with van der Waals surface area (Å²) >= 11 is 6.15. The normalized spacial score (nSPS) is 18.5. The third-order valence-electron chi connectivity index (χ3n) is 5.66. The second-order valence-corrected chi connectivity index (χ2v) is 9.30. The van der Waals surface area contributed by atoms with Crippen molar-refractivity contribution in [3.05, 3.63) is 70.6 Å². The summed E-state index contributed by atoms with van der Waals surface area (Å²) in [5.41, 5.74) is 3.18. The molecule has 0 aliphatic carbocycles. The number of nitrogens with one attached hydrogen (secondary N) is 1. The number of rotatable bonds is 6. The highest BCUT2D eigenvalue weighted by atomic mass is 35.5. The first-order chi connectivity index (χ1) is 15.8. The lowest BCUT2D eigenvalue weighted by atomic mass is 10.0. The Morgan fingerprint density at radius 2 is 1.94 bits per heavy atom. The summed E-state index contributed by atoms with van der Waals surface area (Å²) in [5.74, 6) is 0.871. The highest BCUT2D eigenvalue weighted by Crippen LogP contribution is 2.25. The Labute approximate surface area is 199 Å². The summed E-state index contributed by atoms with van der Waals surface area (Å²) in [6.07, 6.45) is 3.79. The van der Waals surface area contributed by atoms with Crippen LogP contribution in [-0.4, -0.2) is 46.0 Å². The molecule has 8 heteroatoms. The van der Waals surface area contributed by atoms with Crippen LogP contribution in [0.2, 0.25) is 5.02 Å². The number of morpholine rings is 1. The molecule has 33 heavy (non-hydrogen) atoms. The fourth-order valence-electron chi connectivity index (χ4n) is 4.25. The van der Waals surface area contributed by atoms with Crippen LogP contribution in [0.15, 0.2) is 48.8 Å². The summed E-state index contributed by atoms with van der Waals surface area (Å²) in [7, 11) is 0. The Balaban J connectivity index is 1.45. The molecule has 2 unspecified atom stereocenters. The monoisotopic (exact) mass is 467 g/mol. The van der Waals surface area contributed by atoms with E-state index in [4.69, 9.17) is 16.3 Å². The van der Waals surface area contributed by atoms with E-state index in [1.54, 1.807) is 10.9 Å². The lowest BCUT2D eigenvalue weighted by Gasteiger charge is -2.36. The number of hydrogen-bond donors (Lipinski definition) is 1. The molecule has 2 aromatic heterocycles. The molecular weight excluding hydrogens is 438 g/mol. The van der Waals surface area contributed by atoms with Crippen molar-refractivity contribution in [2.24, 2.45) is 0 Å². The molecule has 4 rings (SSSR count). The van der Waals surface area contributed by atoms with E-state index in [2.05, 4.69) is 34.1 Å². The van der Waals surface area contributed by atoms with E-state index in [1.807, 2.05) is 56.4 Å². The van der Waals surface area contributed by atoms with Crippen molar-refractivity contribution < 1.29 is 9.53 Å². The third-order valence-corrected chi connectivity index (χ3v) is 5.89. The topological polar surface area (TPSA) is 72.3 Å². The van der Waals surface area contributed by atoms with Crippen molar-refractivity contribution in [1.82, 2.24) is 20.1 Å². The van der Waals surface area contributed by atoms with Gasteiger partial charge in [0, 0.05) is 30.9 Å². The lowest BCUT2D eigenvalue weighted by Crippen LogP contribution is -2.45. The molecular formula is C25H30ClN5O2. The lowest BCUT2D eigenvalue weighted by molar-refractivity contribution is -0.00546. The van der Waals surface area contributed by atoms with Crippen molar-refractivity contribution >= 4 is 23.3 Å². The highest BCUT2D eigenvalue weighted by molar-refractivity contribution is 6.30.